The molecule has 7 nitrogen and oxygen atoms in total. The predicted octanol–water partition coefficient (Wildman–Crippen LogP) is 1.65. The number of hydrogen-bond donors (Lipinski definition) is 3. The first-order chi connectivity index (χ1) is 11.5. The maximum Gasteiger partial charge on any atom is 0.269 e. The standard InChI is InChI=1S/C17H17N3O4/c18-9-12-2-1-3-13(8-12)10-19-16(11-21)17(22)14-4-6-15(7-5-14)20(23)24/h1-8,16-17,19,21-22H,10-11H2. The van der Waals surface area contributed by atoms with E-state index in [0.29, 0.717) is 17.7 Å². The van der Waals surface area contributed by atoms with Crippen LogP contribution in [-0.2, 0) is 6.54 Å². The van der Waals surface area contributed by atoms with Crippen LogP contribution in [0, 0.1) is 21.4 Å². The summed E-state index contributed by atoms with van der Waals surface area (Å²) in [5.41, 5.74) is 1.79. The molecule has 0 fully saturated rings. The van der Waals surface area contributed by atoms with Gasteiger partial charge in [0.1, 0.15) is 0 Å². The topological polar surface area (TPSA) is 119 Å². The summed E-state index contributed by atoms with van der Waals surface area (Å²) in [6, 6.07) is 14.0. The van der Waals surface area contributed by atoms with Gasteiger partial charge in [-0.05, 0) is 35.4 Å². The second-order valence-corrected chi connectivity index (χ2v) is 5.28. The Hall–Kier alpha value is -2.79. The minimum atomic E-state index is -1.02. The van der Waals surface area contributed by atoms with Crippen LogP contribution in [0.3, 0.4) is 0 Å². The van der Waals surface area contributed by atoms with Crippen molar-refractivity contribution >= 4 is 5.69 Å². The molecule has 7 heteroatoms. The number of aliphatic hydroxyl groups is 2. The molecular formula is C17H17N3O4. The minimum absolute atomic E-state index is 0.0622. The number of rotatable bonds is 7. The van der Waals surface area contributed by atoms with Crippen LogP contribution in [0.4, 0.5) is 5.69 Å². The first kappa shape index (κ1) is 17.6. The van der Waals surface area contributed by atoms with Crippen LogP contribution in [0.2, 0.25) is 0 Å². The van der Waals surface area contributed by atoms with E-state index >= 15 is 0 Å². The summed E-state index contributed by atoms with van der Waals surface area (Å²) in [5, 5.41) is 42.4. The van der Waals surface area contributed by atoms with Gasteiger partial charge in [0.25, 0.3) is 5.69 Å². The van der Waals surface area contributed by atoms with E-state index in [1.807, 2.05) is 6.07 Å². The zero-order chi connectivity index (χ0) is 17.5. The van der Waals surface area contributed by atoms with Gasteiger partial charge in [0.05, 0.1) is 35.3 Å². The van der Waals surface area contributed by atoms with Gasteiger partial charge in [0.15, 0.2) is 0 Å². The molecule has 2 rings (SSSR count). The molecule has 3 N–H and O–H groups in total. The van der Waals surface area contributed by atoms with E-state index in [-0.39, 0.29) is 12.3 Å². The van der Waals surface area contributed by atoms with Gasteiger partial charge in [-0.2, -0.15) is 5.26 Å². The first-order valence-electron chi connectivity index (χ1n) is 7.31. The Bertz CT molecular complexity index is 740. The molecule has 2 aromatic carbocycles. The molecule has 0 bridgehead atoms. The molecule has 0 aromatic heterocycles. The van der Waals surface area contributed by atoms with E-state index in [0.717, 1.165) is 5.56 Å². The van der Waals surface area contributed by atoms with Crippen molar-refractivity contribution in [1.82, 2.24) is 5.32 Å². The maximum atomic E-state index is 10.7. The summed E-state index contributed by atoms with van der Waals surface area (Å²) in [5.74, 6) is 0. The van der Waals surface area contributed by atoms with Crippen molar-refractivity contribution in [1.29, 1.82) is 5.26 Å². The number of nitro groups is 1. The lowest BCUT2D eigenvalue weighted by Crippen LogP contribution is -2.37. The van der Waals surface area contributed by atoms with Crippen molar-refractivity contribution in [2.75, 3.05) is 6.61 Å². The molecular weight excluding hydrogens is 310 g/mol. The molecule has 0 aliphatic rings. The fourth-order valence-electron chi connectivity index (χ4n) is 2.30. The molecule has 124 valence electrons. The highest BCUT2D eigenvalue weighted by molar-refractivity contribution is 5.34. The summed E-state index contributed by atoms with van der Waals surface area (Å²) in [7, 11) is 0. The quantitative estimate of drug-likeness (QED) is 0.525. The molecule has 0 aliphatic carbocycles. The number of nitriles is 1. The summed E-state index contributed by atoms with van der Waals surface area (Å²) >= 11 is 0. The van der Waals surface area contributed by atoms with E-state index in [1.165, 1.54) is 24.3 Å². The average Bonchev–Trinajstić information content (AvgIpc) is 2.62. The van der Waals surface area contributed by atoms with Crippen LogP contribution in [0.1, 0.15) is 22.8 Å². The second kappa shape index (κ2) is 8.17. The summed E-state index contributed by atoms with van der Waals surface area (Å²) in [6.45, 7) is 0.0564. The Morgan fingerprint density at radius 3 is 2.54 bits per heavy atom. The molecule has 0 heterocycles. The maximum absolute atomic E-state index is 10.7. The van der Waals surface area contributed by atoms with Crippen LogP contribution in [-0.4, -0.2) is 27.8 Å². The van der Waals surface area contributed by atoms with Gasteiger partial charge in [0.2, 0.25) is 0 Å². The van der Waals surface area contributed by atoms with Crippen molar-refractivity contribution < 1.29 is 15.1 Å². The Balaban J connectivity index is 2.04. The lowest BCUT2D eigenvalue weighted by molar-refractivity contribution is -0.384. The molecule has 2 atom stereocenters. The average molecular weight is 327 g/mol. The van der Waals surface area contributed by atoms with Gasteiger partial charge in [-0.1, -0.05) is 12.1 Å². The lowest BCUT2D eigenvalue weighted by Gasteiger charge is -2.22. The van der Waals surface area contributed by atoms with E-state index in [9.17, 15) is 20.3 Å². The van der Waals surface area contributed by atoms with E-state index < -0.39 is 17.1 Å². The van der Waals surface area contributed by atoms with Crippen molar-refractivity contribution in [2.45, 2.75) is 18.7 Å². The zero-order valence-electron chi connectivity index (χ0n) is 12.8. The van der Waals surface area contributed by atoms with Gasteiger partial charge >= 0.3 is 0 Å². The van der Waals surface area contributed by atoms with E-state index in [4.69, 9.17) is 5.26 Å². The van der Waals surface area contributed by atoms with Crippen molar-refractivity contribution in [3.8, 4) is 6.07 Å². The highest BCUT2D eigenvalue weighted by Crippen LogP contribution is 2.20. The summed E-state index contributed by atoms with van der Waals surface area (Å²) in [6.07, 6.45) is -1.02. The minimum Gasteiger partial charge on any atom is -0.395 e. The van der Waals surface area contributed by atoms with Crippen LogP contribution in [0.15, 0.2) is 48.5 Å². The van der Waals surface area contributed by atoms with Crippen molar-refractivity contribution in [2.24, 2.45) is 0 Å². The normalized spacial score (nSPS) is 13.0. The van der Waals surface area contributed by atoms with Gasteiger partial charge in [-0.15, -0.1) is 0 Å². The number of aliphatic hydroxyl groups excluding tert-OH is 2. The molecule has 0 saturated carbocycles. The number of nitro benzene ring substituents is 1. The zero-order valence-corrected chi connectivity index (χ0v) is 12.8. The largest absolute Gasteiger partial charge is 0.395 e. The number of hydrogen-bond acceptors (Lipinski definition) is 6. The molecule has 2 aromatic rings. The third-order valence-corrected chi connectivity index (χ3v) is 3.65. The number of nitrogens with zero attached hydrogens (tertiary/aromatic N) is 2. The molecule has 2 unspecified atom stereocenters. The molecule has 0 saturated heterocycles. The van der Waals surface area contributed by atoms with E-state index in [2.05, 4.69) is 11.4 Å². The van der Waals surface area contributed by atoms with Crippen LogP contribution < -0.4 is 5.32 Å². The Morgan fingerprint density at radius 1 is 1.25 bits per heavy atom. The third kappa shape index (κ3) is 4.36. The molecule has 0 radical (unpaired) electrons. The Labute approximate surface area is 138 Å². The fourth-order valence-corrected chi connectivity index (χ4v) is 2.30. The highest BCUT2D eigenvalue weighted by atomic mass is 16.6. The van der Waals surface area contributed by atoms with Crippen molar-refractivity contribution in [3.63, 3.8) is 0 Å². The Morgan fingerprint density at radius 2 is 1.96 bits per heavy atom. The van der Waals surface area contributed by atoms with Gasteiger partial charge in [-0.3, -0.25) is 10.1 Å². The Kier molecular flexibility index (Phi) is 5.98. The first-order valence-corrected chi connectivity index (χ1v) is 7.31. The lowest BCUT2D eigenvalue weighted by atomic mass is 10.0. The second-order valence-electron chi connectivity index (χ2n) is 5.28. The van der Waals surface area contributed by atoms with Gasteiger partial charge < -0.3 is 15.5 Å². The van der Waals surface area contributed by atoms with Crippen molar-refractivity contribution in [3.05, 3.63) is 75.3 Å². The number of nitrogens with one attached hydrogen (secondary N) is 1. The highest BCUT2D eigenvalue weighted by Gasteiger charge is 2.20. The van der Waals surface area contributed by atoms with E-state index in [1.54, 1.807) is 18.2 Å². The van der Waals surface area contributed by atoms with Gasteiger partial charge in [-0.25, -0.2) is 0 Å². The predicted molar refractivity (Wildman–Crippen MR) is 86.9 cm³/mol. The summed E-state index contributed by atoms with van der Waals surface area (Å²) in [4.78, 5) is 10.1. The monoisotopic (exact) mass is 327 g/mol. The summed E-state index contributed by atoms with van der Waals surface area (Å²) < 4.78 is 0. The fraction of sp³-hybridized carbons (Fsp3) is 0.235. The number of benzene rings is 2. The van der Waals surface area contributed by atoms with Crippen LogP contribution in [0.25, 0.3) is 0 Å². The molecule has 0 spiro atoms. The number of non-ortho nitro benzene ring substituents is 1. The third-order valence-electron chi connectivity index (χ3n) is 3.65. The molecule has 0 amide bonds. The van der Waals surface area contributed by atoms with Crippen LogP contribution in [0.5, 0.6) is 0 Å². The van der Waals surface area contributed by atoms with Gasteiger partial charge in [0, 0.05) is 18.7 Å². The molecule has 0 aliphatic heterocycles. The van der Waals surface area contributed by atoms with Crippen LogP contribution >= 0.6 is 0 Å². The molecule has 24 heavy (non-hydrogen) atoms. The SMILES string of the molecule is N#Cc1cccc(CNC(CO)C(O)c2ccc([N+](=O)[O-])cc2)c1. The smallest absolute Gasteiger partial charge is 0.269 e.